The van der Waals surface area contributed by atoms with Crippen LogP contribution in [0, 0.1) is 23.0 Å². The Morgan fingerprint density at radius 3 is 2.85 bits per heavy atom. The minimum Gasteiger partial charge on any atom is -0.385 e. The van der Waals surface area contributed by atoms with Gasteiger partial charge in [-0.3, -0.25) is 10.1 Å². The monoisotopic (exact) mass is 275 g/mol. The molecule has 108 valence electrons. The van der Waals surface area contributed by atoms with Gasteiger partial charge in [-0.25, -0.2) is 0 Å². The van der Waals surface area contributed by atoms with Gasteiger partial charge in [0.25, 0.3) is 5.69 Å². The molecular formula is C15H21N3O2. The van der Waals surface area contributed by atoms with E-state index in [2.05, 4.69) is 10.2 Å². The van der Waals surface area contributed by atoms with E-state index in [0.717, 1.165) is 23.8 Å². The van der Waals surface area contributed by atoms with Crippen LogP contribution in [0.1, 0.15) is 24.8 Å². The number of hydrogen-bond acceptors (Lipinski definition) is 4. The normalized spacial score (nSPS) is 22.9. The van der Waals surface area contributed by atoms with Crippen LogP contribution in [0.4, 0.5) is 11.4 Å². The molecule has 5 nitrogen and oxygen atoms in total. The SMILES string of the molecule is Cc1cc(NCC2CCN(C3CC3)C2)cc([N+](=O)[O-])c1. The van der Waals surface area contributed by atoms with Crippen LogP contribution in [0.15, 0.2) is 18.2 Å². The predicted molar refractivity (Wildman–Crippen MR) is 79.0 cm³/mol. The lowest BCUT2D eigenvalue weighted by Crippen LogP contribution is -2.24. The lowest BCUT2D eigenvalue weighted by atomic mass is 10.1. The topological polar surface area (TPSA) is 58.4 Å². The van der Waals surface area contributed by atoms with Gasteiger partial charge in [0, 0.05) is 37.0 Å². The highest BCUT2D eigenvalue weighted by Gasteiger charge is 2.34. The van der Waals surface area contributed by atoms with E-state index in [1.165, 1.54) is 32.4 Å². The van der Waals surface area contributed by atoms with E-state index in [1.807, 2.05) is 13.0 Å². The average Bonchev–Trinajstić information content (AvgIpc) is 3.15. The number of benzene rings is 1. The molecule has 5 heteroatoms. The number of nitrogens with one attached hydrogen (secondary N) is 1. The van der Waals surface area contributed by atoms with E-state index in [1.54, 1.807) is 12.1 Å². The highest BCUT2D eigenvalue weighted by atomic mass is 16.6. The second kappa shape index (κ2) is 5.40. The summed E-state index contributed by atoms with van der Waals surface area (Å²) in [6.07, 6.45) is 3.96. The van der Waals surface area contributed by atoms with Gasteiger partial charge in [0.15, 0.2) is 0 Å². The van der Waals surface area contributed by atoms with Gasteiger partial charge in [0.1, 0.15) is 0 Å². The standard InChI is InChI=1S/C15H21N3O2/c1-11-6-13(8-15(7-11)18(19)20)16-9-12-4-5-17(10-12)14-2-3-14/h6-8,12,14,16H,2-5,9-10H2,1H3. The van der Waals surface area contributed by atoms with Crippen LogP contribution >= 0.6 is 0 Å². The molecule has 0 aromatic heterocycles. The number of non-ortho nitro benzene ring substituents is 1. The maximum atomic E-state index is 10.9. The van der Waals surface area contributed by atoms with Crippen LogP contribution in [-0.2, 0) is 0 Å². The van der Waals surface area contributed by atoms with E-state index in [9.17, 15) is 10.1 Å². The van der Waals surface area contributed by atoms with Crippen molar-refractivity contribution >= 4 is 11.4 Å². The lowest BCUT2D eigenvalue weighted by molar-refractivity contribution is -0.384. The number of nitro groups is 1. The molecule has 3 rings (SSSR count). The van der Waals surface area contributed by atoms with Crippen molar-refractivity contribution in [1.29, 1.82) is 0 Å². The lowest BCUT2D eigenvalue weighted by Gasteiger charge is -2.15. The number of nitrogens with zero attached hydrogens (tertiary/aromatic N) is 2. The maximum absolute atomic E-state index is 10.9. The highest BCUT2D eigenvalue weighted by Crippen LogP contribution is 2.31. The van der Waals surface area contributed by atoms with Gasteiger partial charge >= 0.3 is 0 Å². The third kappa shape index (κ3) is 3.10. The van der Waals surface area contributed by atoms with Crippen molar-refractivity contribution in [2.45, 2.75) is 32.2 Å². The molecule has 1 saturated heterocycles. The minimum atomic E-state index is -0.331. The Balaban J connectivity index is 1.56. The van der Waals surface area contributed by atoms with E-state index >= 15 is 0 Å². The first-order valence-corrected chi connectivity index (χ1v) is 7.36. The largest absolute Gasteiger partial charge is 0.385 e. The number of anilines is 1. The summed E-state index contributed by atoms with van der Waals surface area (Å²) in [5, 5.41) is 14.2. The van der Waals surface area contributed by atoms with Crippen molar-refractivity contribution in [2.75, 3.05) is 25.0 Å². The summed E-state index contributed by atoms with van der Waals surface area (Å²) in [5.41, 5.74) is 1.95. The van der Waals surface area contributed by atoms with E-state index < -0.39 is 0 Å². The number of nitro benzene ring substituents is 1. The van der Waals surface area contributed by atoms with Gasteiger partial charge in [-0.15, -0.1) is 0 Å². The maximum Gasteiger partial charge on any atom is 0.271 e. The summed E-state index contributed by atoms with van der Waals surface area (Å²) in [6, 6.07) is 6.05. The van der Waals surface area contributed by atoms with Crippen LogP contribution in [-0.4, -0.2) is 35.5 Å². The zero-order valence-electron chi connectivity index (χ0n) is 11.8. The zero-order chi connectivity index (χ0) is 14.1. The van der Waals surface area contributed by atoms with E-state index in [0.29, 0.717) is 5.92 Å². The first-order valence-electron chi connectivity index (χ1n) is 7.36. The van der Waals surface area contributed by atoms with Crippen molar-refractivity contribution < 1.29 is 4.92 Å². The predicted octanol–water partition coefficient (Wildman–Crippen LogP) is 2.80. The first kappa shape index (κ1) is 13.4. The van der Waals surface area contributed by atoms with Crippen molar-refractivity contribution in [1.82, 2.24) is 4.90 Å². The number of likely N-dealkylation sites (tertiary alicyclic amines) is 1. The molecule has 1 aromatic rings. The van der Waals surface area contributed by atoms with Crippen LogP contribution in [0.3, 0.4) is 0 Å². The fourth-order valence-corrected chi connectivity index (χ4v) is 3.03. The van der Waals surface area contributed by atoms with Gasteiger partial charge in [-0.05, 0) is 50.3 Å². The summed E-state index contributed by atoms with van der Waals surface area (Å²) in [4.78, 5) is 13.1. The molecule has 1 N–H and O–H groups in total. The van der Waals surface area contributed by atoms with E-state index in [-0.39, 0.29) is 10.6 Å². The molecule has 20 heavy (non-hydrogen) atoms. The Kier molecular flexibility index (Phi) is 3.61. The zero-order valence-corrected chi connectivity index (χ0v) is 11.8. The average molecular weight is 275 g/mol. The minimum absolute atomic E-state index is 0.165. The molecule has 2 fully saturated rings. The second-order valence-electron chi connectivity index (χ2n) is 6.08. The van der Waals surface area contributed by atoms with Gasteiger partial charge in [-0.2, -0.15) is 0 Å². The van der Waals surface area contributed by atoms with Gasteiger partial charge in [-0.1, -0.05) is 0 Å². The molecule has 0 amide bonds. The second-order valence-corrected chi connectivity index (χ2v) is 6.08. The first-order chi connectivity index (χ1) is 9.61. The fourth-order valence-electron chi connectivity index (χ4n) is 3.03. The quantitative estimate of drug-likeness (QED) is 0.663. The molecule has 1 atom stereocenters. The third-order valence-corrected chi connectivity index (χ3v) is 4.25. The number of hydrogen-bond donors (Lipinski definition) is 1. The fraction of sp³-hybridized carbons (Fsp3) is 0.600. The molecule has 0 bridgehead atoms. The Morgan fingerprint density at radius 1 is 1.35 bits per heavy atom. The van der Waals surface area contributed by atoms with Crippen molar-refractivity contribution in [3.05, 3.63) is 33.9 Å². The Labute approximate surface area is 119 Å². The molecular weight excluding hydrogens is 254 g/mol. The van der Waals surface area contributed by atoms with Gasteiger partial charge in [0.2, 0.25) is 0 Å². The van der Waals surface area contributed by atoms with Crippen molar-refractivity contribution in [3.63, 3.8) is 0 Å². The van der Waals surface area contributed by atoms with Crippen LogP contribution < -0.4 is 5.32 Å². The molecule has 1 aromatic carbocycles. The number of aryl methyl sites for hydroxylation is 1. The molecule has 0 radical (unpaired) electrons. The Hall–Kier alpha value is -1.62. The Morgan fingerprint density at radius 2 is 2.15 bits per heavy atom. The number of rotatable bonds is 5. The van der Waals surface area contributed by atoms with Gasteiger partial charge < -0.3 is 10.2 Å². The summed E-state index contributed by atoms with van der Waals surface area (Å²) < 4.78 is 0. The molecule has 1 saturated carbocycles. The molecule has 1 aliphatic heterocycles. The summed E-state index contributed by atoms with van der Waals surface area (Å²) in [5.74, 6) is 0.662. The highest BCUT2D eigenvalue weighted by molar-refractivity contribution is 5.53. The molecule has 0 spiro atoms. The molecule has 2 aliphatic rings. The summed E-state index contributed by atoms with van der Waals surface area (Å²) >= 11 is 0. The van der Waals surface area contributed by atoms with Crippen LogP contribution in [0.25, 0.3) is 0 Å². The molecule has 1 aliphatic carbocycles. The summed E-state index contributed by atoms with van der Waals surface area (Å²) in [7, 11) is 0. The van der Waals surface area contributed by atoms with Gasteiger partial charge in [0.05, 0.1) is 4.92 Å². The van der Waals surface area contributed by atoms with E-state index in [4.69, 9.17) is 0 Å². The third-order valence-electron chi connectivity index (χ3n) is 4.25. The molecule has 1 unspecified atom stereocenters. The van der Waals surface area contributed by atoms with Crippen molar-refractivity contribution in [2.24, 2.45) is 5.92 Å². The molecule has 1 heterocycles. The summed E-state index contributed by atoms with van der Waals surface area (Å²) in [6.45, 7) is 5.18. The Bertz CT molecular complexity index is 514. The van der Waals surface area contributed by atoms with Crippen molar-refractivity contribution in [3.8, 4) is 0 Å². The van der Waals surface area contributed by atoms with Crippen LogP contribution in [0.2, 0.25) is 0 Å². The van der Waals surface area contributed by atoms with Crippen LogP contribution in [0.5, 0.6) is 0 Å². The smallest absolute Gasteiger partial charge is 0.271 e.